The van der Waals surface area contributed by atoms with Gasteiger partial charge in [0.25, 0.3) is 0 Å². The van der Waals surface area contributed by atoms with E-state index < -0.39 is 5.91 Å². The van der Waals surface area contributed by atoms with E-state index in [1.54, 1.807) is 18.4 Å². The van der Waals surface area contributed by atoms with Crippen molar-refractivity contribution in [3.63, 3.8) is 0 Å². The van der Waals surface area contributed by atoms with E-state index in [0.717, 1.165) is 11.3 Å². The molecule has 0 fully saturated rings. The van der Waals surface area contributed by atoms with Gasteiger partial charge in [0, 0.05) is 12.1 Å². The third kappa shape index (κ3) is 2.99. The molecule has 0 aliphatic heterocycles. The van der Waals surface area contributed by atoms with Gasteiger partial charge in [0.2, 0.25) is 5.91 Å². The smallest absolute Gasteiger partial charge is 0.248 e. The van der Waals surface area contributed by atoms with Gasteiger partial charge in [-0.05, 0) is 36.8 Å². The molecule has 0 saturated heterocycles. The fourth-order valence-corrected chi connectivity index (χ4v) is 1.70. The van der Waals surface area contributed by atoms with Crippen LogP contribution in [0.5, 0.6) is 0 Å². The summed E-state index contributed by atoms with van der Waals surface area (Å²) in [6.45, 7) is 2.75. The van der Waals surface area contributed by atoms with Gasteiger partial charge in [0.05, 0.1) is 12.3 Å². The molecule has 1 heterocycles. The van der Waals surface area contributed by atoms with E-state index in [-0.39, 0.29) is 6.04 Å². The third-order valence-electron chi connectivity index (χ3n) is 2.82. The number of benzene rings is 1. The van der Waals surface area contributed by atoms with Gasteiger partial charge in [0.1, 0.15) is 5.76 Å². The number of hydrogen-bond acceptors (Lipinski definition) is 3. The average molecular weight is 244 g/mol. The highest BCUT2D eigenvalue weighted by Crippen LogP contribution is 2.13. The molecule has 0 aliphatic rings. The Morgan fingerprint density at radius 3 is 2.61 bits per heavy atom. The van der Waals surface area contributed by atoms with Gasteiger partial charge in [-0.1, -0.05) is 12.1 Å². The van der Waals surface area contributed by atoms with Gasteiger partial charge in [-0.2, -0.15) is 0 Å². The number of primary amides is 1. The SMILES string of the molecule is C[C@@H](NCc1ccc(C(N)=O)cc1)c1ccco1. The van der Waals surface area contributed by atoms with Crippen molar-refractivity contribution in [3.8, 4) is 0 Å². The normalized spacial score (nSPS) is 12.3. The van der Waals surface area contributed by atoms with Gasteiger partial charge in [-0.15, -0.1) is 0 Å². The highest BCUT2D eigenvalue weighted by Gasteiger charge is 2.07. The van der Waals surface area contributed by atoms with Crippen molar-refractivity contribution in [1.29, 1.82) is 0 Å². The first-order valence-electron chi connectivity index (χ1n) is 5.82. The van der Waals surface area contributed by atoms with Crippen molar-refractivity contribution in [3.05, 3.63) is 59.5 Å². The zero-order chi connectivity index (χ0) is 13.0. The second-order valence-electron chi connectivity index (χ2n) is 4.18. The minimum Gasteiger partial charge on any atom is -0.468 e. The standard InChI is InChI=1S/C14H16N2O2/c1-10(13-3-2-8-18-13)16-9-11-4-6-12(7-5-11)14(15)17/h2-8,10,16H,9H2,1H3,(H2,15,17)/t10-/m1/s1. The summed E-state index contributed by atoms with van der Waals surface area (Å²) >= 11 is 0. The Kier molecular flexibility index (Phi) is 3.79. The van der Waals surface area contributed by atoms with E-state index in [2.05, 4.69) is 5.32 Å². The molecule has 2 aromatic rings. The number of amides is 1. The number of carbonyl (C=O) groups is 1. The number of carbonyl (C=O) groups excluding carboxylic acids is 1. The van der Waals surface area contributed by atoms with Crippen molar-refractivity contribution < 1.29 is 9.21 Å². The predicted molar refractivity (Wildman–Crippen MR) is 68.9 cm³/mol. The molecule has 2 rings (SSSR count). The minimum absolute atomic E-state index is 0.149. The molecule has 4 heteroatoms. The molecule has 4 nitrogen and oxygen atoms in total. The third-order valence-corrected chi connectivity index (χ3v) is 2.82. The van der Waals surface area contributed by atoms with Crippen LogP contribution in [0.25, 0.3) is 0 Å². The number of rotatable bonds is 5. The fourth-order valence-electron chi connectivity index (χ4n) is 1.70. The van der Waals surface area contributed by atoms with E-state index in [1.807, 2.05) is 31.2 Å². The zero-order valence-electron chi connectivity index (χ0n) is 10.2. The Balaban J connectivity index is 1.92. The first-order valence-corrected chi connectivity index (χ1v) is 5.82. The molecule has 18 heavy (non-hydrogen) atoms. The van der Waals surface area contributed by atoms with Crippen LogP contribution in [0.1, 0.15) is 34.6 Å². The highest BCUT2D eigenvalue weighted by atomic mass is 16.3. The second-order valence-corrected chi connectivity index (χ2v) is 4.18. The van der Waals surface area contributed by atoms with E-state index in [1.165, 1.54) is 0 Å². The summed E-state index contributed by atoms with van der Waals surface area (Å²) in [4.78, 5) is 10.9. The first kappa shape index (κ1) is 12.4. The molecular weight excluding hydrogens is 228 g/mol. The molecule has 1 amide bonds. The topological polar surface area (TPSA) is 68.3 Å². The van der Waals surface area contributed by atoms with Crippen LogP contribution in [0.2, 0.25) is 0 Å². The van der Waals surface area contributed by atoms with Crippen molar-refractivity contribution in [2.24, 2.45) is 5.73 Å². The fraction of sp³-hybridized carbons (Fsp3) is 0.214. The molecule has 0 saturated carbocycles. The van der Waals surface area contributed by atoms with Crippen molar-refractivity contribution in [2.75, 3.05) is 0 Å². The minimum atomic E-state index is -0.404. The van der Waals surface area contributed by atoms with Gasteiger partial charge in [-0.25, -0.2) is 0 Å². The summed E-state index contributed by atoms with van der Waals surface area (Å²) in [5.41, 5.74) is 6.80. The predicted octanol–water partition coefficient (Wildman–Crippen LogP) is 2.23. The maximum Gasteiger partial charge on any atom is 0.248 e. The largest absolute Gasteiger partial charge is 0.468 e. The Hall–Kier alpha value is -2.07. The molecule has 3 N–H and O–H groups in total. The van der Waals surface area contributed by atoms with Crippen molar-refractivity contribution in [2.45, 2.75) is 19.5 Å². The molecule has 1 aromatic heterocycles. The second kappa shape index (κ2) is 5.51. The average Bonchev–Trinajstić information content (AvgIpc) is 2.90. The number of furan rings is 1. The van der Waals surface area contributed by atoms with Crippen LogP contribution in [0.15, 0.2) is 47.1 Å². The number of nitrogens with one attached hydrogen (secondary N) is 1. The van der Waals surface area contributed by atoms with Gasteiger partial charge < -0.3 is 15.5 Å². The van der Waals surface area contributed by atoms with Gasteiger partial charge in [-0.3, -0.25) is 4.79 Å². The highest BCUT2D eigenvalue weighted by molar-refractivity contribution is 5.92. The van der Waals surface area contributed by atoms with Crippen LogP contribution in [0.4, 0.5) is 0 Å². The first-order chi connectivity index (χ1) is 8.66. The Labute approximate surface area is 106 Å². The Morgan fingerprint density at radius 2 is 2.06 bits per heavy atom. The molecule has 1 atom stereocenters. The maximum atomic E-state index is 10.9. The lowest BCUT2D eigenvalue weighted by molar-refractivity contribution is 0.100. The molecular formula is C14H16N2O2. The maximum absolute atomic E-state index is 10.9. The van der Waals surface area contributed by atoms with Crippen molar-refractivity contribution >= 4 is 5.91 Å². The lowest BCUT2D eigenvalue weighted by Crippen LogP contribution is -2.17. The van der Waals surface area contributed by atoms with E-state index in [9.17, 15) is 4.79 Å². The lowest BCUT2D eigenvalue weighted by Gasteiger charge is -2.11. The van der Waals surface area contributed by atoms with Crippen LogP contribution in [0.3, 0.4) is 0 Å². The molecule has 0 bridgehead atoms. The van der Waals surface area contributed by atoms with Crippen LogP contribution < -0.4 is 11.1 Å². The molecule has 94 valence electrons. The summed E-state index contributed by atoms with van der Waals surface area (Å²) < 4.78 is 5.31. The van der Waals surface area contributed by atoms with E-state index in [0.29, 0.717) is 12.1 Å². The molecule has 1 aromatic carbocycles. The molecule has 0 spiro atoms. The molecule has 0 radical (unpaired) electrons. The van der Waals surface area contributed by atoms with E-state index in [4.69, 9.17) is 10.2 Å². The number of nitrogens with two attached hydrogens (primary N) is 1. The number of hydrogen-bond donors (Lipinski definition) is 2. The summed E-state index contributed by atoms with van der Waals surface area (Å²) in [5.74, 6) is 0.502. The van der Waals surface area contributed by atoms with Crippen LogP contribution in [-0.4, -0.2) is 5.91 Å². The Bertz CT molecular complexity index is 503. The molecule has 0 unspecified atom stereocenters. The lowest BCUT2D eigenvalue weighted by atomic mass is 10.1. The quantitative estimate of drug-likeness (QED) is 0.847. The molecule has 0 aliphatic carbocycles. The van der Waals surface area contributed by atoms with E-state index >= 15 is 0 Å². The summed E-state index contributed by atoms with van der Waals surface area (Å²) in [6.07, 6.45) is 1.66. The van der Waals surface area contributed by atoms with Crippen molar-refractivity contribution in [1.82, 2.24) is 5.32 Å². The monoisotopic (exact) mass is 244 g/mol. The van der Waals surface area contributed by atoms with Crippen LogP contribution in [0, 0.1) is 0 Å². The van der Waals surface area contributed by atoms with Gasteiger partial charge >= 0.3 is 0 Å². The Morgan fingerprint density at radius 1 is 1.33 bits per heavy atom. The zero-order valence-corrected chi connectivity index (χ0v) is 10.2. The van der Waals surface area contributed by atoms with Crippen LogP contribution in [-0.2, 0) is 6.54 Å². The summed E-state index contributed by atoms with van der Waals surface area (Å²) in [6, 6.07) is 11.2. The summed E-state index contributed by atoms with van der Waals surface area (Å²) in [7, 11) is 0. The van der Waals surface area contributed by atoms with Crippen LogP contribution >= 0.6 is 0 Å². The van der Waals surface area contributed by atoms with Gasteiger partial charge in [0.15, 0.2) is 0 Å². The summed E-state index contributed by atoms with van der Waals surface area (Å²) in [5, 5.41) is 3.34.